The number of nitrogens with one attached hydrogen (secondary N) is 2. The first-order valence-corrected chi connectivity index (χ1v) is 36.3. The van der Waals surface area contributed by atoms with E-state index in [1.54, 1.807) is 6.08 Å². The van der Waals surface area contributed by atoms with Gasteiger partial charge in [0.1, 0.15) is 116 Å². The van der Waals surface area contributed by atoms with E-state index in [2.05, 4.69) is 24.5 Å². The van der Waals surface area contributed by atoms with Gasteiger partial charge in [-0.2, -0.15) is 0 Å². The lowest BCUT2D eigenvalue weighted by Gasteiger charge is -2.50. The van der Waals surface area contributed by atoms with E-state index in [4.69, 9.17) is 47.4 Å². The molecule has 5 fully saturated rings. The largest absolute Gasteiger partial charge is 0.394 e. The van der Waals surface area contributed by atoms with Crippen LogP contribution in [-0.2, 0) is 57.0 Å². The summed E-state index contributed by atoms with van der Waals surface area (Å²) in [6.45, 7) is 2.63. The molecular formula is C68H124N2O27. The molecule has 5 heterocycles. The van der Waals surface area contributed by atoms with Crippen LogP contribution in [-0.4, -0.2) is 287 Å². The Morgan fingerprint density at radius 2 is 0.835 bits per heavy atom. The molecule has 0 aliphatic carbocycles. The second kappa shape index (κ2) is 46.4. The smallest absolute Gasteiger partial charge is 0.220 e. The van der Waals surface area contributed by atoms with Gasteiger partial charge in [0, 0.05) is 13.3 Å². The summed E-state index contributed by atoms with van der Waals surface area (Å²) in [4.78, 5) is 26.3. The van der Waals surface area contributed by atoms with Gasteiger partial charge in [-0.05, 0) is 26.2 Å². The molecule has 0 aromatic heterocycles. The summed E-state index contributed by atoms with van der Waals surface area (Å²) in [5.74, 6) is -1.14. The molecule has 0 aromatic carbocycles. The van der Waals surface area contributed by atoms with Crippen molar-refractivity contribution in [2.45, 2.75) is 373 Å². The summed E-state index contributed by atoms with van der Waals surface area (Å²) in [6.07, 6.45) is -9.97. The number of carbonyl (C=O) groups is 2. The van der Waals surface area contributed by atoms with Gasteiger partial charge < -0.3 is 135 Å². The third-order valence-electron chi connectivity index (χ3n) is 19.2. The minimum atomic E-state index is -2.14. The summed E-state index contributed by atoms with van der Waals surface area (Å²) in [7, 11) is 0. The molecule has 0 aromatic rings. The number of hydrogen-bond acceptors (Lipinski definition) is 27. The molecule has 2 amide bonds. The number of hydrogen-bond donors (Lipinski definition) is 17. The highest BCUT2D eigenvalue weighted by atomic mass is 16.8. The highest BCUT2D eigenvalue weighted by Crippen LogP contribution is 2.37. The van der Waals surface area contributed by atoms with Gasteiger partial charge >= 0.3 is 0 Å². The molecule has 568 valence electrons. The molecule has 0 spiro atoms. The van der Waals surface area contributed by atoms with Gasteiger partial charge in [-0.3, -0.25) is 9.59 Å². The Balaban J connectivity index is 1.22. The molecule has 29 nitrogen and oxygen atoms in total. The Labute approximate surface area is 572 Å². The lowest BCUT2D eigenvalue weighted by Crippen LogP contribution is -2.70. The van der Waals surface area contributed by atoms with Crippen molar-refractivity contribution in [2.75, 3.05) is 33.0 Å². The first kappa shape index (κ1) is 85.3. The predicted octanol–water partition coefficient (Wildman–Crippen LogP) is 0.636. The van der Waals surface area contributed by atoms with Crippen LogP contribution < -0.4 is 10.6 Å². The number of aliphatic hydroxyl groups is 15. The zero-order valence-electron chi connectivity index (χ0n) is 57.7. The zero-order chi connectivity index (χ0) is 71.0. The van der Waals surface area contributed by atoms with Crippen molar-refractivity contribution < 1.29 is 134 Å². The Morgan fingerprint density at radius 3 is 1.36 bits per heavy atom. The van der Waals surface area contributed by atoms with Crippen LogP contribution in [0.15, 0.2) is 12.2 Å². The fourth-order valence-corrected chi connectivity index (χ4v) is 13.1. The maximum atomic E-state index is 13.5. The fourth-order valence-electron chi connectivity index (χ4n) is 13.1. The number of aliphatic hydroxyl groups excluding tert-OH is 15. The second-order valence-electron chi connectivity index (χ2n) is 27.1. The van der Waals surface area contributed by atoms with Gasteiger partial charge in [0.05, 0.1) is 51.3 Å². The van der Waals surface area contributed by atoms with E-state index < -0.39 is 205 Å². The Morgan fingerprint density at radius 1 is 0.423 bits per heavy atom. The van der Waals surface area contributed by atoms with Gasteiger partial charge in [0.2, 0.25) is 11.8 Å². The van der Waals surface area contributed by atoms with Crippen LogP contribution in [0.3, 0.4) is 0 Å². The second-order valence-corrected chi connectivity index (χ2v) is 27.1. The molecule has 0 saturated carbocycles. The highest BCUT2D eigenvalue weighted by Gasteiger charge is 2.57. The van der Waals surface area contributed by atoms with Gasteiger partial charge in [0.15, 0.2) is 31.5 Å². The molecule has 0 bridgehead atoms. The summed E-state index contributed by atoms with van der Waals surface area (Å²) in [5, 5.41) is 171. The summed E-state index contributed by atoms with van der Waals surface area (Å²) in [6, 6.07) is -2.80. The van der Waals surface area contributed by atoms with E-state index in [1.165, 1.54) is 122 Å². The van der Waals surface area contributed by atoms with Gasteiger partial charge in [-0.1, -0.05) is 180 Å². The standard InChI is InChI=1S/C68H124N2O27/c1-5-7-9-11-13-15-17-19-20-22-24-26-28-30-32-34-48(77)70-42(43(76)33-31-29-27-25-23-21-18-16-14-12-10-8-6-2)39-88-65-58(86)56(84)61(47(38-74)93-65)94-67-59(87)62(52(80)45(36-72)90-67)96-64-49(69-41(4)75)53(81)60(46(37-73)92-64)95-68-63(55(83)51(79)44(35-71)91-68)97-66-57(85)54(82)50(78)40(3)89-66/h31,33,40,42-47,49-68,71-74,76,78-87H,5-30,32,34-39H2,1-4H3,(H,69,75)(H,70,77)/b33-31+/t40?,42-,43+,44?,45?,46?,47?,49?,50+,51-,52-,53+,54?,55-,56+,57-,58?,59?,60+,61+,62-,63?,64-,65+,66+,67-,68-/m0/s1. The first-order chi connectivity index (χ1) is 46.7. The van der Waals surface area contributed by atoms with Crippen molar-refractivity contribution in [3.63, 3.8) is 0 Å². The van der Waals surface area contributed by atoms with Crippen LogP contribution in [0.25, 0.3) is 0 Å². The predicted molar refractivity (Wildman–Crippen MR) is 348 cm³/mol. The number of ether oxygens (including phenoxy) is 10. The van der Waals surface area contributed by atoms with Gasteiger partial charge in [-0.25, -0.2) is 0 Å². The summed E-state index contributed by atoms with van der Waals surface area (Å²) < 4.78 is 58.9. The highest BCUT2D eigenvalue weighted by molar-refractivity contribution is 5.76. The molecule has 27 atom stereocenters. The fraction of sp³-hybridized carbons (Fsp3) is 0.941. The monoisotopic (exact) mass is 1400 g/mol. The minimum Gasteiger partial charge on any atom is -0.394 e. The molecule has 5 saturated heterocycles. The topological polar surface area (TPSA) is 454 Å². The van der Waals surface area contributed by atoms with Crippen molar-refractivity contribution >= 4 is 11.8 Å². The Kier molecular flexibility index (Phi) is 40.8. The van der Waals surface area contributed by atoms with Crippen molar-refractivity contribution in [3.8, 4) is 0 Å². The van der Waals surface area contributed by atoms with Crippen LogP contribution >= 0.6 is 0 Å². The van der Waals surface area contributed by atoms with Crippen LogP contribution in [0.4, 0.5) is 0 Å². The average Bonchev–Trinajstić information content (AvgIpc) is 0.781. The summed E-state index contributed by atoms with van der Waals surface area (Å²) in [5.41, 5.74) is 0. The third kappa shape index (κ3) is 27.0. The molecule has 29 heteroatoms. The van der Waals surface area contributed by atoms with Crippen LogP contribution in [0.5, 0.6) is 0 Å². The van der Waals surface area contributed by atoms with E-state index in [0.717, 1.165) is 51.9 Å². The molecule has 5 rings (SSSR count). The average molecular weight is 1400 g/mol. The van der Waals surface area contributed by atoms with Crippen LogP contribution in [0.1, 0.15) is 207 Å². The molecule has 97 heavy (non-hydrogen) atoms. The Hall–Kier alpha value is -2.32. The van der Waals surface area contributed by atoms with Gasteiger partial charge in [0.25, 0.3) is 0 Å². The van der Waals surface area contributed by atoms with E-state index in [9.17, 15) is 86.2 Å². The maximum absolute atomic E-state index is 13.5. The summed E-state index contributed by atoms with van der Waals surface area (Å²) >= 11 is 0. The lowest BCUT2D eigenvalue weighted by atomic mass is 9.94. The number of unbranched alkanes of at least 4 members (excludes halogenated alkanes) is 25. The number of allylic oxidation sites excluding steroid dienone is 1. The van der Waals surface area contributed by atoms with E-state index in [0.29, 0.717) is 12.8 Å². The first-order valence-electron chi connectivity index (χ1n) is 36.3. The van der Waals surface area contributed by atoms with Crippen molar-refractivity contribution in [1.29, 1.82) is 0 Å². The molecule has 10 unspecified atom stereocenters. The number of carbonyl (C=O) groups excluding carboxylic acids is 2. The van der Waals surface area contributed by atoms with E-state index in [1.807, 2.05) is 6.08 Å². The van der Waals surface area contributed by atoms with Crippen LogP contribution in [0, 0.1) is 0 Å². The molecular weight excluding hydrogens is 1280 g/mol. The van der Waals surface area contributed by atoms with Crippen LogP contribution in [0.2, 0.25) is 0 Å². The maximum Gasteiger partial charge on any atom is 0.220 e. The quantitative estimate of drug-likeness (QED) is 0.0294. The SMILES string of the molecule is CCCCCCCCCCCCC/C=C/[C@@H](O)[C@H](CO[C@@H]1OC(CO)[C@@H](O[C@@H]2OC(CO)[C@H](O)[C@H](O[C@@H]3OC(CO)[C@@H](O[C@@H]4OC(CO)[C@H](O)[C@H](O)C4O[C@H]4OC(C)[C@@H](O)C(O)[C@@H]4O)[C@H](O)C3NC(C)=O)C2O)[C@H](O)C1O)NC(=O)CCCCCCCCCCCCCCCCC. The van der Waals surface area contributed by atoms with Gasteiger partial charge in [-0.15, -0.1) is 0 Å². The number of rotatable bonds is 47. The molecule has 17 N–H and O–H groups in total. The lowest BCUT2D eigenvalue weighted by molar-refractivity contribution is -0.391. The van der Waals surface area contributed by atoms with Crippen molar-refractivity contribution in [3.05, 3.63) is 12.2 Å². The third-order valence-corrected chi connectivity index (χ3v) is 19.2. The minimum absolute atomic E-state index is 0.196. The van der Waals surface area contributed by atoms with Crippen molar-refractivity contribution in [1.82, 2.24) is 10.6 Å². The zero-order valence-corrected chi connectivity index (χ0v) is 57.7. The molecule has 5 aliphatic rings. The molecule has 5 aliphatic heterocycles. The molecule has 0 radical (unpaired) electrons. The van der Waals surface area contributed by atoms with E-state index >= 15 is 0 Å². The number of amides is 2. The van der Waals surface area contributed by atoms with E-state index in [-0.39, 0.29) is 12.3 Å². The Bertz CT molecular complexity index is 2130. The van der Waals surface area contributed by atoms with Crippen molar-refractivity contribution in [2.24, 2.45) is 0 Å². The normalized spacial score (nSPS) is 36.4.